The zero-order valence-corrected chi connectivity index (χ0v) is 18.6. The molecule has 8 heteroatoms. The van der Waals surface area contributed by atoms with Crippen LogP contribution in [-0.2, 0) is 0 Å². The Morgan fingerprint density at radius 1 is 0.903 bits per heavy atom. The van der Waals surface area contributed by atoms with E-state index in [1.54, 1.807) is 48.5 Å². The summed E-state index contributed by atoms with van der Waals surface area (Å²) in [6.45, 7) is 0. The Kier molecular flexibility index (Phi) is 5.99. The van der Waals surface area contributed by atoms with E-state index in [9.17, 15) is 15.2 Å². The van der Waals surface area contributed by atoms with Crippen molar-refractivity contribution in [3.8, 4) is 39.0 Å². The largest absolute Gasteiger partial charge is 0.478 e. The zero-order valence-electron chi connectivity index (χ0n) is 15.6. The Bertz CT molecular complexity index is 1380. The van der Waals surface area contributed by atoms with Crippen molar-refractivity contribution in [1.82, 2.24) is 4.98 Å². The number of nitrogens with zero attached hydrogens (tertiary/aromatic N) is 2. The Balaban J connectivity index is 1.75. The number of hydrogen-bond donors (Lipinski definition) is 1. The molecule has 0 bridgehead atoms. The summed E-state index contributed by atoms with van der Waals surface area (Å²) in [5, 5.41) is 22.8. The molecular formula is C23H11Cl3N2O2S. The molecule has 0 aliphatic rings. The normalized spacial score (nSPS) is 10.6. The molecule has 0 amide bonds. The number of rotatable bonds is 4. The number of thiazole rings is 1. The van der Waals surface area contributed by atoms with E-state index in [4.69, 9.17) is 34.8 Å². The lowest BCUT2D eigenvalue weighted by molar-refractivity contribution is 0.0698. The van der Waals surface area contributed by atoms with Gasteiger partial charge in [0, 0.05) is 16.5 Å². The maximum atomic E-state index is 12.0. The van der Waals surface area contributed by atoms with Gasteiger partial charge in [-0.3, -0.25) is 0 Å². The summed E-state index contributed by atoms with van der Waals surface area (Å²) in [5.74, 6) is -1.08. The van der Waals surface area contributed by atoms with Gasteiger partial charge in [-0.25, -0.2) is 9.78 Å². The average molecular weight is 486 g/mol. The number of aromatic carboxylic acids is 1. The molecular weight excluding hydrogens is 475 g/mol. The minimum absolute atomic E-state index is 0.106. The molecule has 31 heavy (non-hydrogen) atoms. The van der Waals surface area contributed by atoms with Gasteiger partial charge in [-0.2, -0.15) is 5.26 Å². The van der Waals surface area contributed by atoms with Crippen LogP contribution in [0.5, 0.6) is 0 Å². The van der Waals surface area contributed by atoms with Crippen molar-refractivity contribution in [3.63, 3.8) is 0 Å². The van der Waals surface area contributed by atoms with Crippen molar-refractivity contribution >= 4 is 52.1 Å². The van der Waals surface area contributed by atoms with Crippen LogP contribution in [-0.4, -0.2) is 16.1 Å². The molecule has 0 aliphatic heterocycles. The molecule has 3 aromatic carbocycles. The van der Waals surface area contributed by atoms with Crippen LogP contribution < -0.4 is 0 Å². The van der Waals surface area contributed by atoms with Crippen molar-refractivity contribution in [3.05, 3.63) is 86.2 Å². The van der Waals surface area contributed by atoms with Crippen molar-refractivity contribution in [2.75, 3.05) is 0 Å². The van der Waals surface area contributed by atoms with E-state index in [2.05, 4.69) is 4.98 Å². The lowest BCUT2D eigenvalue weighted by Crippen LogP contribution is -2.00. The number of aromatic nitrogens is 1. The second kappa shape index (κ2) is 8.70. The van der Waals surface area contributed by atoms with Gasteiger partial charge in [0.2, 0.25) is 0 Å². The number of hydrogen-bond acceptors (Lipinski definition) is 4. The van der Waals surface area contributed by atoms with Gasteiger partial charge in [0.15, 0.2) is 0 Å². The van der Waals surface area contributed by atoms with Crippen LogP contribution in [0, 0.1) is 11.3 Å². The zero-order chi connectivity index (χ0) is 22.1. The Morgan fingerprint density at radius 3 is 2.32 bits per heavy atom. The number of carboxylic acids is 1. The minimum Gasteiger partial charge on any atom is -0.478 e. The van der Waals surface area contributed by atoms with E-state index < -0.39 is 5.97 Å². The van der Waals surface area contributed by atoms with Crippen molar-refractivity contribution < 1.29 is 9.90 Å². The van der Waals surface area contributed by atoms with Gasteiger partial charge < -0.3 is 5.11 Å². The van der Waals surface area contributed by atoms with Gasteiger partial charge in [0.1, 0.15) is 11.1 Å². The first-order valence-electron chi connectivity index (χ1n) is 8.86. The Hall–Kier alpha value is -2.88. The number of nitriles is 1. The van der Waals surface area contributed by atoms with Crippen LogP contribution >= 0.6 is 46.1 Å². The third kappa shape index (κ3) is 4.30. The van der Waals surface area contributed by atoms with E-state index in [1.165, 1.54) is 11.3 Å². The molecule has 0 aliphatic carbocycles. The fourth-order valence-corrected chi connectivity index (χ4v) is 4.36. The smallest absolute Gasteiger partial charge is 0.336 e. The van der Waals surface area contributed by atoms with Crippen LogP contribution in [0.1, 0.15) is 15.9 Å². The maximum absolute atomic E-state index is 12.0. The van der Waals surface area contributed by atoms with Gasteiger partial charge in [-0.05, 0) is 41.5 Å². The summed E-state index contributed by atoms with van der Waals surface area (Å²) in [4.78, 5) is 16.6. The van der Waals surface area contributed by atoms with Crippen molar-refractivity contribution in [2.45, 2.75) is 0 Å². The summed E-state index contributed by atoms with van der Waals surface area (Å²) in [7, 11) is 0. The first-order valence-corrected chi connectivity index (χ1v) is 10.9. The quantitative estimate of drug-likeness (QED) is 0.322. The van der Waals surface area contributed by atoms with Crippen molar-refractivity contribution in [1.29, 1.82) is 5.26 Å². The van der Waals surface area contributed by atoms with Gasteiger partial charge in [-0.1, -0.05) is 59.1 Å². The molecule has 152 valence electrons. The van der Waals surface area contributed by atoms with Crippen molar-refractivity contribution in [2.24, 2.45) is 0 Å². The topological polar surface area (TPSA) is 74.0 Å². The highest BCUT2D eigenvalue weighted by atomic mass is 35.5. The molecule has 1 heterocycles. The van der Waals surface area contributed by atoms with Gasteiger partial charge in [0.05, 0.1) is 31.9 Å². The second-order valence-electron chi connectivity index (χ2n) is 6.54. The lowest BCUT2D eigenvalue weighted by Gasteiger charge is -2.09. The van der Waals surface area contributed by atoms with Crippen LogP contribution in [0.25, 0.3) is 33.0 Å². The molecule has 4 nitrogen and oxygen atoms in total. The fraction of sp³-hybridized carbons (Fsp3) is 0. The van der Waals surface area contributed by atoms with Crippen LogP contribution in [0.2, 0.25) is 15.1 Å². The van der Waals surface area contributed by atoms with E-state index in [-0.39, 0.29) is 11.1 Å². The molecule has 0 saturated heterocycles. The number of benzene rings is 3. The molecule has 0 fully saturated rings. The SMILES string of the molecule is N#Cc1cc(-c2ccc(-c3nc(-c4ccc(Cl)c(Cl)c4)cs3)cc2C(=O)O)ccc1Cl. The molecule has 4 rings (SSSR count). The molecule has 0 spiro atoms. The van der Waals surface area contributed by atoms with E-state index in [0.717, 1.165) is 11.3 Å². The third-order valence-electron chi connectivity index (χ3n) is 4.61. The van der Waals surface area contributed by atoms with Crippen LogP contribution in [0.4, 0.5) is 0 Å². The van der Waals surface area contributed by atoms with Crippen LogP contribution in [0.15, 0.2) is 60.0 Å². The summed E-state index contributed by atoms with van der Waals surface area (Å²) in [6, 6.07) is 17.2. The predicted octanol–water partition coefficient (Wildman–Crippen LogP) is 7.67. The highest BCUT2D eigenvalue weighted by molar-refractivity contribution is 7.13. The molecule has 0 atom stereocenters. The minimum atomic E-state index is -1.08. The van der Waals surface area contributed by atoms with Crippen LogP contribution in [0.3, 0.4) is 0 Å². The van der Waals surface area contributed by atoms with Gasteiger partial charge in [-0.15, -0.1) is 11.3 Å². The highest BCUT2D eigenvalue weighted by Crippen LogP contribution is 2.35. The van der Waals surface area contributed by atoms with E-state index in [1.807, 2.05) is 17.5 Å². The highest BCUT2D eigenvalue weighted by Gasteiger charge is 2.16. The molecule has 0 unspecified atom stereocenters. The second-order valence-corrected chi connectivity index (χ2v) is 8.62. The summed E-state index contributed by atoms with van der Waals surface area (Å²) >= 11 is 19.5. The van der Waals surface area contributed by atoms with Gasteiger partial charge in [0.25, 0.3) is 0 Å². The summed E-state index contributed by atoms with van der Waals surface area (Å²) in [6.07, 6.45) is 0. The number of carboxylic acid groups (broad SMARTS) is 1. The lowest BCUT2D eigenvalue weighted by atomic mass is 9.96. The van der Waals surface area contributed by atoms with Gasteiger partial charge >= 0.3 is 5.97 Å². The first kappa shape index (κ1) is 21.4. The summed E-state index contributed by atoms with van der Waals surface area (Å²) in [5.41, 5.74) is 3.69. The molecule has 1 N–H and O–H groups in total. The first-order chi connectivity index (χ1) is 14.9. The number of halogens is 3. The maximum Gasteiger partial charge on any atom is 0.336 e. The Labute approximate surface area is 196 Å². The third-order valence-corrected chi connectivity index (χ3v) is 6.57. The molecule has 4 aromatic rings. The standard InChI is InChI=1S/C23H11Cl3N2O2S/c24-18-5-2-12(7-15(18)10-27)16-4-1-14(8-17(16)23(29)30)22-28-21(11-31-22)13-3-6-19(25)20(26)9-13/h1-9,11H,(H,29,30). The van der Waals surface area contributed by atoms with E-state index in [0.29, 0.717) is 36.8 Å². The molecule has 1 aromatic heterocycles. The average Bonchev–Trinajstić information content (AvgIpc) is 3.26. The monoisotopic (exact) mass is 484 g/mol. The number of carbonyl (C=O) groups is 1. The predicted molar refractivity (Wildman–Crippen MR) is 125 cm³/mol. The summed E-state index contributed by atoms with van der Waals surface area (Å²) < 4.78 is 0. The molecule has 0 radical (unpaired) electrons. The Morgan fingerprint density at radius 2 is 1.61 bits per heavy atom. The van der Waals surface area contributed by atoms with E-state index >= 15 is 0 Å². The molecule has 0 saturated carbocycles. The fourth-order valence-electron chi connectivity index (χ4n) is 3.08.